The molecule has 0 saturated heterocycles. The summed E-state index contributed by atoms with van der Waals surface area (Å²) in [6.07, 6.45) is 2.34. The molecule has 1 heterocycles. The standard InChI is InChI=1S/C16H18N2O3/c19-16(15-10-14(17-18-15)13-6-7-13)21-9-8-20-11-12-4-2-1-3-5-12/h1-5,10,13H,6-9,11H2,(H,17,18). The number of carbonyl (C=O) groups is 1. The van der Waals surface area contributed by atoms with Crippen molar-refractivity contribution >= 4 is 5.97 Å². The minimum Gasteiger partial charge on any atom is -0.458 e. The maximum atomic E-state index is 11.8. The minimum atomic E-state index is -0.401. The number of ether oxygens (including phenoxy) is 2. The Morgan fingerprint density at radius 3 is 2.81 bits per heavy atom. The molecule has 0 spiro atoms. The minimum absolute atomic E-state index is 0.233. The highest BCUT2D eigenvalue weighted by Gasteiger charge is 2.26. The van der Waals surface area contributed by atoms with Gasteiger partial charge in [0.05, 0.1) is 13.2 Å². The van der Waals surface area contributed by atoms with Crippen molar-refractivity contribution in [1.29, 1.82) is 0 Å². The van der Waals surface area contributed by atoms with Gasteiger partial charge in [0.1, 0.15) is 6.61 Å². The lowest BCUT2D eigenvalue weighted by Gasteiger charge is -2.05. The number of aromatic nitrogens is 2. The first kappa shape index (κ1) is 13.8. The van der Waals surface area contributed by atoms with Gasteiger partial charge in [0, 0.05) is 11.6 Å². The molecule has 1 fully saturated rings. The molecule has 5 nitrogen and oxygen atoms in total. The Morgan fingerprint density at radius 2 is 2.05 bits per heavy atom. The van der Waals surface area contributed by atoms with Gasteiger partial charge >= 0.3 is 5.97 Å². The summed E-state index contributed by atoms with van der Waals surface area (Å²) in [5, 5.41) is 6.87. The van der Waals surface area contributed by atoms with Gasteiger partial charge in [0.25, 0.3) is 0 Å². The van der Waals surface area contributed by atoms with E-state index in [4.69, 9.17) is 9.47 Å². The van der Waals surface area contributed by atoms with Crippen molar-refractivity contribution in [2.24, 2.45) is 0 Å². The highest BCUT2D eigenvalue weighted by atomic mass is 16.6. The van der Waals surface area contributed by atoms with Gasteiger partial charge in [0.15, 0.2) is 5.69 Å². The van der Waals surface area contributed by atoms with E-state index in [1.54, 1.807) is 6.07 Å². The second kappa shape index (κ2) is 6.54. The molecule has 0 atom stereocenters. The van der Waals surface area contributed by atoms with Crippen LogP contribution in [0.4, 0.5) is 0 Å². The number of hydrogen-bond acceptors (Lipinski definition) is 4. The SMILES string of the molecule is O=C(OCCOCc1ccccc1)c1cc(C2CC2)[nH]n1. The Bertz CT molecular complexity index is 591. The van der Waals surface area contributed by atoms with E-state index >= 15 is 0 Å². The summed E-state index contributed by atoms with van der Waals surface area (Å²) in [5.74, 6) is 0.148. The lowest BCUT2D eigenvalue weighted by molar-refractivity contribution is 0.0283. The summed E-state index contributed by atoms with van der Waals surface area (Å²) < 4.78 is 10.6. The summed E-state index contributed by atoms with van der Waals surface area (Å²) in [7, 11) is 0. The molecule has 0 aliphatic heterocycles. The molecule has 1 aliphatic carbocycles. The van der Waals surface area contributed by atoms with Crippen LogP contribution >= 0.6 is 0 Å². The lowest BCUT2D eigenvalue weighted by Crippen LogP contribution is -2.11. The summed E-state index contributed by atoms with van der Waals surface area (Å²) in [6, 6.07) is 11.7. The van der Waals surface area contributed by atoms with E-state index in [0.717, 1.165) is 11.3 Å². The first-order valence-corrected chi connectivity index (χ1v) is 7.17. The zero-order valence-corrected chi connectivity index (χ0v) is 11.7. The van der Waals surface area contributed by atoms with Gasteiger partial charge in [-0.1, -0.05) is 30.3 Å². The van der Waals surface area contributed by atoms with Crippen LogP contribution in [0.25, 0.3) is 0 Å². The number of aromatic amines is 1. The van der Waals surface area contributed by atoms with Gasteiger partial charge in [0.2, 0.25) is 0 Å². The van der Waals surface area contributed by atoms with Crippen LogP contribution in [0.15, 0.2) is 36.4 Å². The van der Waals surface area contributed by atoms with Crippen molar-refractivity contribution in [3.05, 3.63) is 53.3 Å². The van der Waals surface area contributed by atoms with Crippen LogP contribution in [0.2, 0.25) is 0 Å². The lowest BCUT2D eigenvalue weighted by atomic mass is 10.2. The molecule has 1 aromatic heterocycles. The molecule has 0 amide bonds. The molecule has 1 N–H and O–H groups in total. The highest BCUT2D eigenvalue weighted by molar-refractivity contribution is 5.87. The molecular weight excluding hydrogens is 268 g/mol. The van der Waals surface area contributed by atoms with Crippen LogP contribution in [0.1, 0.15) is 40.5 Å². The van der Waals surface area contributed by atoms with Crippen LogP contribution in [0.5, 0.6) is 0 Å². The second-order valence-corrected chi connectivity index (χ2v) is 5.16. The van der Waals surface area contributed by atoms with E-state index in [1.807, 2.05) is 30.3 Å². The number of nitrogens with one attached hydrogen (secondary N) is 1. The smallest absolute Gasteiger partial charge is 0.358 e. The van der Waals surface area contributed by atoms with Crippen molar-refractivity contribution in [2.75, 3.05) is 13.2 Å². The Labute approximate surface area is 123 Å². The predicted molar refractivity (Wildman–Crippen MR) is 76.9 cm³/mol. The van der Waals surface area contributed by atoms with E-state index in [-0.39, 0.29) is 6.61 Å². The van der Waals surface area contributed by atoms with Crippen LogP contribution < -0.4 is 0 Å². The molecule has 1 aliphatic rings. The molecule has 110 valence electrons. The monoisotopic (exact) mass is 286 g/mol. The Kier molecular flexibility index (Phi) is 4.31. The van der Waals surface area contributed by atoms with Crippen molar-refractivity contribution < 1.29 is 14.3 Å². The summed E-state index contributed by atoms with van der Waals surface area (Å²) in [5.41, 5.74) is 2.48. The number of rotatable bonds is 7. The van der Waals surface area contributed by atoms with E-state index in [9.17, 15) is 4.79 Å². The quantitative estimate of drug-likeness (QED) is 0.628. The molecule has 1 aromatic carbocycles. The van der Waals surface area contributed by atoms with Gasteiger partial charge in [-0.05, 0) is 24.5 Å². The third kappa shape index (κ3) is 3.92. The summed E-state index contributed by atoms with van der Waals surface area (Å²) >= 11 is 0. The number of H-pyrrole nitrogens is 1. The predicted octanol–water partition coefficient (Wildman–Crippen LogP) is 2.66. The van der Waals surface area contributed by atoms with Crippen molar-refractivity contribution in [3.8, 4) is 0 Å². The summed E-state index contributed by atoms with van der Waals surface area (Å²) in [6.45, 7) is 1.13. The molecule has 0 radical (unpaired) electrons. The van der Waals surface area contributed by atoms with E-state index in [1.165, 1.54) is 12.8 Å². The number of benzene rings is 1. The highest BCUT2D eigenvalue weighted by Crippen LogP contribution is 2.38. The van der Waals surface area contributed by atoms with Gasteiger partial charge in [-0.2, -0.15) is 5.10 Å². The van der Waals surface area contributed by atoms with Gasteiger partial charge in [-0.15, -0.1) is 0 Å². The third-order valence-corrected chi connectivity index (χ3v) is 3.40. The van der Waals surface area contributed by atoms with Crippen molar-refractivity contribution in [2.45, 2.75) is 25.4 Å². The Morgan fingerprint density at radius 1 is 1.24 bits per heavy atom. The van der Waals surface area contributed by atoms with Crippen LogP contribution in [-0.4, -0.2) is 29.4 Å². The summed E-state index contributed by atoms with van der Waals surface area (Å²) in [4.78, 5) is 11.8. The van der Waals surface area contributed by atoms with Gasteiger partial charge in [-0.3, -0.25) is 5.10 Å². The number of esters is 1. The third-order valence-electron chi connectivity index (χ3n) is 3.40. The van der Waals surface area contributed by atoms with E-state index in [2.05, 4.69) is 10.2 Å². The van der Waals surface area contributed by atoms with Gasteiger partial charge in [-0.25, -0.2) is 4.79 Å². The topological polar surface area (TPSA) is 64.2 Å². The van der Waals surface area contributed by atoms with Crippen LogP contribution in [0, 0.1) is 0 Å². The average Bonchev–Trinajstić information content (AvgIpc) is 3.25. The maximum Gasteiger partial charge on any atom is 0.358 e. The molecule has 0 unspecified atom stereocenters. The van der Waals surface area contributed by atoms with Crippen molar-refractivity contribution in [1.82, 2.24) is 10.2 Å². The second-order valence-electron chi connectivity index (χ2n) is 5.16. The zero-order valence-electron chi connectivity index (χ0n) is 11.7. The molecule has 1 saturated carbocycles. The molecule has 21 heavy (non-hydrogen) atoms. The van der Waals surface area contributed by atoms with E-state index < -0.39 is 5.97 Å². The largest absolute Gasteiger partial charge is 0.458 e. The molecular formula is C16H18N2O3. The fourth-order valence-electron chi connectivity index (χ4n) is 2.08. The average molecular weight is 286 g/mol. The molecule has 2 aromatic rings. The molecule has 3 rings (SSSR count). The Hall–Kier alpha value is -2.14. The number of carbonyl (C=O) groups excluding carboxylic acids is 1. The zero-order chi connectivity index (χ0) is 14.5. The van der Waals surface area contributed by atoms with Crippen LogP contribution in [0.3, 0.4) is 0 Å². The van der Waals surface area contributed by atoms with Crippen LogP contribution in [-0.2, 0) is 16.1 Å². The molecule has 5 heteroatoms. The Balaban J connectivity index is 1.35. The van der Waals surface area contributed by atoms with E-state index in [0.29, 0.717) is 24.8 Å². The number of nitrogens with zero attached hydrogens (tertiary/aromatic N) is 1. The normalized spacial score (nSPS) is 14.1. The first-order valence-electron chi connectivity index (χ1n) is 7.17. The van der Waals surface area contributed by atoms with Crippen molar-refractivity contribution in [3.63, 3.8) is 0 Å². The van der Waals surface area contributed by atoms with Gasteiger partial charge < -0.3 is 9.47 Å². The molecule has 0 bridgehead atoms. The fourth-order valence-corrected chi connectivity index (χ4v) is 2.08. The first-order chi connectivity index (χ1) is 10.3. The maximum absolute atomic E-state index is 11.8. The fraction of sp³-hybridized carbons (Fsp3) is 0.375. The number of hydrogen-bond donors (Lipinski definition) is 1.